The van der Waals surface area contributed by atoms with Gasteiger partial charge in [-0.05, 0) is 0 Å². The first-order valence-corrected chi connectivity index (χ1v) is 5.66. The summed E-state index contributed by atoms with van der Waals surface area (Å²) in [5, 5.41) is 3.01. The van der Waals surface area contributed by atoms with Crippen LogP contribution in [-0.4, -0.2) is 28.4 Å². The van der Waals surface area contributed by atoms with Crippen molar-refractivity contribution in [3.8, 4) is 17.2 Å². The molecule has 0 heterocycles. The molecule has 0 aliphatic carbocycles. The highest BCUT2D eigenvalue weighted by molar-refractivity contribution is 5.62. The highest BCUT2D eigenvalue weighted by atomic mass is 16.5. The van der Waals surface area contributed by atoms with Gasteiger partial charge >= 0.3 is 0 Å². The Morgan fingerprint density at radius 1 is 0.941 bits per heavy atom. The largest absolute Gasteiger partial charge is 0.493 e. The van der Waals surface area contributed by atoms with E-state index in [0.29, 0.717) is 17.2 Å². The molecule has 98 valence electrons. The number of hydrogen-bond acceptors (Lipinski definition) is 4. The van der Waals surface area contributed by atoms with Gasteiger partial charge in [-0.25, -0.2) is 0 Å². The van der Waals surface area contributed by atoms with Crippen LogP contribution in [0.1, 0.15) is 20.3 Å². The van der Waals surface area contributed by atoms with Gasteiger partial charge in [0.05, 0.1) is 21.3 Å². The summed E-state index contributed by atoms with van der Waals surface area (Å²) in [6.45, 7) is 4.25. The van der Waals surface area contributed by atoms with Crippen molar-refractivity contribution in [2.24, 2.45) is 0 Å². The number of rotatable bonds is 4. The molecule has 0 atom stereocenters. The first-order valence-electron chi connectivity index (χ1n) is 5.66. The predicted molar refractivity (Wildman–Crippen MR) is 71.6 cm³/mol. The van der Waals surface area contributed by atoms with Crippen LogP contribution in [0.25, 0.3) is 0 Å². The molecule has 0 aliphatic rings. The molecule has 1 N–H and O–H groups in total. The van der Waals surface area contributed by atoms with E-state index in [4.69, 9.17) is 14.2 Å². The molecule has 0 radical (unpaired) electrons. The van der Waals surface area contributed by atoms with Crippen molar-refractivity contribution in [1.29, 1.82) is 0 Å². The Hall–Kier alpha value is -1.58. The Balaban J connectivity index is 0.000000770. The van der Waals surface area contributed by atoms with E-state index in [9.17, 15) is 0 Å². The third-order valence-electron chi connectivity index (χ3n) is 1.95. The van der Waals surface area contributed by atoms with E-state index in [1.54, 1.807) is 21.3 Å². The van der Waals surface area contributed by atoms with Crippen molar-refractivity contribution in [3.63, 3.8) is 0 Å². The van der Waals surface area contributed by atoms with E-state index in [1.165, 1.54) is 6.42 Å². The van der Waals surface area contributed by atoms with Gasteiger partial charge in [-0.1, -0.05) is 20.3 Å². The summed E-state index contributed by atoms with van der Waals surface area (Å²) in [5.74, 6) is 1.90. The fourth-order valence-electron chi connectivity index (χ4n) is 1.23. The summed E-state index contributed by atoms with van der Waals surface area (Å²) in [6.07, 6.45) is 1.25. The van der Waals surface area contributed by atoms with Crippen LogP contribution in [0.3, 0.4) is 0 Å². The Bertz CT molecular complexity index is 301. The van der Waals surface area contributed by atoms with Crippen LogP contribution in [0, 0.1) is 0 Å². The fraction of sp³-hybridized carbons (Fsp3) is 0.538. The van der Waals surface area contributed by atoms with E-state index >= 15 is 0 Å². The van der Waals surface area contributed by atoms with E-state index in [2.05, 4.69) is 19.2 Å². The second-order valence-electron chi connectivity index (χ2n) is 3.37. The smallest absolute Gasteiger partial charge is 0.203 e. The monoisotopic (exact) mass is 241 g/mol. The SMILES string of the molecule is CCC.CNc1cc(OC)c(OC)c(OC)c1. The molecular weight excluding hydrogens is 218 g/mol. The maximum absolute atomic E-state index is 5.18. The Morgan fingerprint density at radius 3 is 1.59 bits per heavy atom. The van der Waals surface area contributed by atoms with Crippen molar-refractivity contribution in [3.05, 3.63) is 12.1 Å². The van der Waals surface area contributed by atoms with Gasteiger partial charge in [0.1, 0.15) is 0 Å². The Labute approximate surface area is 104 Å². The zero-order valence-electron chi connectivity index (χ0n) is 11.6. The van der Waals surface area contributed by atoms with E-state index in [-0.39, 0.29) is 0 Å². The molecule has 0 saturated heterocycles. The van der Waals surface area contributed by atoms with Crippen LogP contribution >= 0.6 is 0 Å². The van der Waals surface area contributed by atoms with Gasteiger partial charge in [0.25, 0.3) is 0 Å². The molecule has 0 saturated carbocycles. The molecule has 0 bridgehead atoms. The second-order valence-corrected chi connectivity index (χ2v) is 3.37. The minimum atomic E-state index is 0.606. The molecule has 1 aromatic carbocycles. The molecule has 4 heteroatoms. The Kier molecular flexibility index (Phi) is 7.76. The van der Waals surface area contributed by atoms with Crippen LogP contribution in [0.5, 0.6) is 17.2 Å². The molecule has 0 aliphatic heterocycles. The lowest BCUT2D eigenvalue weighted by atomic mass is 10.2. The lowest BCUT2D eigenvalue weighted by Gasteiger charge is -2.13. The predicted octanol–water partition coefficient (Wildman–Crippen LogP) is 3.17. The van der Waals surface area contributed by atoms with E-state index in [1.807, 2.05) is 19.2 Å². The number of methoxy groups -OCH3 is 3. The minimum absolute atomic E-state index is 0.606. The van der Waals surface area contributed by atoms with Gasteiger partial charge in [0.2, 0.25) is 5.75 Å². The van der Waals surface area contributed by atoms with Crippen molar-refractivity contribution < 1.29 is 14.2 Å². The average Bonchev–Trinajstić information content (AvgIpc) is 2.37. The molecule has 17 heavy (non-hydrogen) atoms. The van der Waals surface area contributed by atoms with Crippen molar-refractivity contribution in [1.82, 2.24) is 0 Å². The summed E-state index contributed by atoms with van der Waals surface area (Å²) in [7, 11) is 6.60. The highest BCUT2D eigenvalue weighted by Gasteiger charge is 2.11. The average molecular weight is 241 g/mol. The standard InChI is InChI=1S/C10H15NO3.C3H8/c1-11-7-5-8(12-2)10(14-4)9(6-7)13-3;1-3-2/h5-6,11H,1-4H3;3H2,1-2H3. The molecule has 1 rings (SSSR count). The van der Waals surface area contributed by atoms with Gasteiger partial charge in [-0.2, -0.15) is 0 Å². The summed E-state index contributed by atoms with van der Waals surface area (Å²) >= 11 is 0. The summed E-state index contributed by atoms with van der Waals surface area (Å²) < 4.78 is 15.5. The molecule has 0 spiro atoms. The van der Waals surface area contributed by atoms with Crippen LogP contribution in [0.15, 0.2) is 12.1 Å². The van der Waals surface area contributed by atoms with E-state index in [0.717, 1.165) is 5.69 Å². The lowest BCUT2D eigenvalue weighted by molar-refractivity contribution is 0.324. The molecule has 0 fully saturated rings. The van der Waals surface area contributed by atoms with Crippen LogP contribution in [0.4, 0.5) is 5.69 Å². The van der Waals surface area contributed by atoms with Crippen molar-refractivity contribution >= 4 is 5.69 Å². The van der Waals surface area contributed by atoms with Gasteiger partial charge in [0, 0.05) is 24.9 Å². The van der Waals surface area contributed by atoms with Gasteiger partial charge in [-0.15, -0.1) is 0 Å². The fourth-order valence-corrected chi connectivity index (χ4v) is 1.23. The number of nitrogens with one attached hydrogen (secondary N) is 1. The van der Waals surface area contributed by atoms with Crippen molar-refractivity contribution in [2.75, 3.05) is 33.7 Å². The van der Waals surface area contributed by atoms with Crippen LogP contribution in [-0.2, 0) is 0 Å². The second kappa shape index (κ2) is 8.56. The van der Waals surface area contributed by atoms with Gasteiger partial charge < -0.3 is 19.5 Å². The topological polar surface area (TPSA) is 39.7 Å². The minimum Gasteiger partial charge on any atom is -0.493 e. The molecular formula is C13H23NO3. The third kappa shape index (κ3) is 4.43. The maximum atomic E-state index is 5.18. The van der Waals surface area contributed by atoms with Gasteiger partial charge in [0.15, 0.2) is 11.5 Å². The first kappa shape index (κ1) is 15.4. The normalized spacial score (nSPS) is 8.82. The van der Waals surface area contributed by atoms with Crippen LogP contribution in [0.2, 0.25) is 0 Å². The quantitative estimate of drug-likeness (QED) is 0.879. The number of benzene rings is 1. The third-order valence-corrected chi connectivity index (χ3v) is 1.95. The molecule has 0 unspecified atom stereocenters. The lowest BCUT2D eigenvalue weighted by Crippen LogP contribution is -1.97. The van der Waals surface area contributed by atoms with Crippen LogP contribution < -0.4 is 19.5 Å². The highest BCUT2D eigenvalue weighted by Crippen LogP contribution is 2.39. The van der Waals surface area contributed by atoms with Crippen molar-refractivity contribution in [2.45, 2.75) is 20.3 Å². The first-order chi connectivity index (χ1) is 8.18. The summed E-state index contributed by atoms with van der Waals surface area (Å²) in [5.41, 5.74) is 0.916. The van der Waals surface area contributed by atoms with Gasteiger partial charge in [-0.3, -0.25) is 0 Å². The zero-order valence-corrected chi connectivity index (χ0v) is 11.6. The zero-order chi connectivity index (χ0) is 13.3. The number of hydrogen-bond donors (Lipinski definition) is 1. The molecule has 1 aromatic rings. The molecule has 0 amide bonds. The number of anilines is 1. The number of ether oxygens (including phenoxy) is 3. The molecule has 0 aromatic heterocycles. The maximum Gasteiger partial charge on any atom is 0.203 e. The van der Waals surface area contributed by atoms with E-state index < -0.39 is 0 Å². The summed E-state index contributed by atoms with van der Waals surface area (Å²) in [4.78, 5) is 0. The Morgan fingerprint density at radius 2 is 1.35 bits per heavy atom. The summed E-state index contributed by atoms with van der Waals surface area (Å²) in [6, 6.07) is 3.70. The molecule has 4 nitrogen and oxygen atoms in total.